The third-order valence-corrected chi connectivity index (χ3v) is 8.28. The van der Waals surface area contributed by atoms with E-state index in [9.17, 15) is 10.5 Å². The molecule has 7 heteroatoms. The average Bonchev–Trinajstić information content (AvgIpc) is 3.47. The fourth-order valence-corrected chi connectivity index (χ4v) is 5.99. The van der Waals surface area contributed by atoms with Gasteiger partial charge in [0.25, 0.3) is 0 Å². The first-order chi connectivity index (χ1) is 23.0. The lowest BCUT2D eigenvalue weighted by molar-refractivity contribution is 1.05. The fraction of sp³-hybridized carbons (Fsp3) is 0.0500. The van der Waals surface area contributed by atoms with Crippen LogP contribution in [0.25, 0.3) is 70.8 Å². The van der Waals surface area contributed by atoms with Crippen molar-refractivity contribution in [3.8, 4) is 51.5 Å². The zero-order valence-electron chi connectivity index (χ0n) is 25.2. The number of aryl methyl sites for hydroxylation is 1. The average molecular weight is 602 g/mol. The Bertz CT molecular complexity index is 2350. The summed E-state index contributed by atoms with van der Waals surface area (Å²) in [7, 11) is 0. The van der Waals surface area contributed by atoms with E-state index >= 15 is 0 Å². The van der Waals surface area contributed by atoms with E-state index in [1.807, 2.05) is 42.7 Å². The van der Waals surface area contributed by atoms with E-state index in [0.717, 1.165) is 67.3 Å². The van der Waals surface area contributed by atoms with Crippen molar-refractivity contribution < 1.29 is 0 Å². The van der Waals surface area contributed by atoms with Crippen LogP contribution in [0.5, 0.6) is 0 Å². The van der Waals surface area contributed by atoms with Gasteiger partial charge in [-0.05, 0) is 107 Å². The molecule has 0 N–H and O–H groups in total. The lowest BCUT2D eigenvalue weighted by Gasteiger charge is -2.13. The molecule has 0 bridgehead atoms. The Balaban J connectivity index is 1.52. The highest BCUT2D eigenvalue weighted by Crippen LogP contribution is 2.40. The van der Waals surface area contributed by atoms with Crippen molar-refractivity contribution in [3.05, 3.63) is 149 Å². The highest BCUT2D eigenvalue weighted by molar-refractivity contribution is 6.12. The number of benzene rings is 5. The number of nitriles is 2. The van der Waals surface area contributed by atoms with Gasteiger partial charge in [0.1, 0.15) is 0 Å². The molecule has 7 nitrogen and oxygen atoms in total. The summed E-state index contributed by atoms with van der Waals surface area (Å²) >= 11 is 0. The van der Waals surface area contributed by atoms with Crippen molar-refractivity contribution in [1.82, 2.24) is 14.5 Å². The van der Waals surface area contributed by atoms with Crippen molar-refractivity contribution in [2.75, 3.05) is 0 Å². The van der Waals surface area contributed by atoms with E-state index in [2.05, 4.69) is 63.7 Å². The molecule has 5 aromatic carbocycles. The lowest BCUT2D eigenvalue weighted by atomic mass is 9.98. The molecule has 218 valence electrons. The van der Waals surface area contributed by atoms with E-state index < -0.39 is 0 Å². The van der Waals surface area contributed by atoms with Gasteiger partial charge in [0, 0.05) is 39.9 Å². The lowest BCUT2D eigenvalue weighted by Crippen LogP contribution is -2.00. The fourth-order valence-electron chi connectivity index (χ4n) is 5.99. The highest BCUT2D eigenvalue weighted by Gasteiger charge is 2.18. The Kier molecular flexibility index (Phi) is 7.20. The molecule has 7 rings (SSSR count). The molecule has 0 fully saturated rings. The van der Waals surface area contributed by atoms with Crippen LogP contribution in [-0.2, 0) is 6.42 Å². The van der Waals surface area contributed by atoms with E-state index in [1.165, 1.54) is 0 Å². The summed E-state index contributed by atoms with van der Waals surface area (Å²) in [6, 6.07) is 35.1. The quantitative estimate of drug-likeness (QED) is 0.184. The summed E-state index contributed by atoms with van der Waals surface area (Å²) in [5, 5.41) is 21.2. The molecule has 2 aromatic heterocycles. The number of aromatic nitrogens is 3. The second kappa shape index (κ2) is 11.8. The molecule has 0 atom stereocenters. The number of para-hydroxylation sites is 1. The second-order valence-corrected chi connectivity index (χ2v) is 11.1. The zero-order valence-corrected chi connectivity index (χ0v) is 25.2. The van der Waals surface area contributed by atoms with E-state index in [0.29, 0.717) is 28.3 Å². The Morgan fingerprint density at radius 1 is 0.660 bits per heavy atom. The van der Waals surface area contributed by atoms with Crippen LogP contribution in [0.2, 0.25) is 0 Å². The van der Waals surface area contributed by atoms with Gasteiger partial charge >= 0.3 is 0 Å². The van der Waals surface area contributed by atoms with Gasteiger partial charge in [-0.2, -0.15) is 10.5 Å². The topological polar surface area (TPSA) is 87.0 Å². The Hall–Kier alpha value is -7.06. The molecule has 0 spiro atoms. The molecule has 0 saturated heterocycles. The van der Waals surface area contributed by atoms with Crippen LogP contribution in [0.3, 0.4) is 0 Å². The summed E-state index contributed by atoms with van der Waals surface area (Å²) in [6.45, 7) is 17.2. The van der Waals surface area contributed by atoms with Crippen LogP contribution in [0.1, 0.15) is 23.6 Å². The third kappa shape index (κ3) is 5.11. The molecule has 0 unspecified atom stereocenters. The molecule has 7 aromatic rings. The van der Waals surface area contributed by atoms with Gasteiger partial charge in [0.2, 0.25) is 0 Å². The van der Waals surface area contributed by atoms with Gasteiger partial charge in [-0.25, -0.2) is 19.7 Å². The standard InChI is InChI=1S/C40H23N7/c1-4-25-23-45-40(46-24-25)34-7-5-6-8-37(34)47-38-11-9-28(30-13-26(21-41)15-32(17-30)43-2)19-35(38)36-20-29(10-12-39(36)47)31-14-27(22-42)16-33(18-31)44-3/h5-20,23-24H,4H2,1H3. The molecule has 0 aliphatic rings. The molecule has 47 heavy (non-hydrogen) atoms. The summed E-state index contributed by atoms with van der Waals surface area (Å²) < 4.78 is 2.21. The molecule has 0 radical (unpaired) electrons. The van der Waals surface area contributed by atoms with Gasteiger partial charge in [-0.3, -0.25) is 0 Å². The van der Waals surface area contributed by atoms with E-state index in [1.54, 1.807) is 36.4 Å². The molecular formula is C40H23N7. The monoisotopic (exact) mass is 601 g/mol. The maximum Gasteiger partial charge on any atom is 0.189 e. The second-order valence-electron chi connectivity index (χ2n) is 11.1. The normalized spacial score (nSPS) is 10.7. The minimum Gasteiger partial charge on any atom is -0.309 e. The molecule has 0 aliphatic carbocycles. The number of nitrogens with zero attached hydrogens (tertiary/aromatic N) is 7. The summed E-state index contributed by atoms with van der Waals surface area (Å²) in [4.78, 5) is 16.6. The first kappa shape index (κ1) is 28.7. The summed E-state index contributed by atoms with van der Waals surface area (Å²) in [5.74, 6) is 0.626. The SMILES string of the molecule is [C-]#[N+]c1cc(C#N)cc(-c2ccc3c(c2)c2cc(-c4cc(C#N)cc([N+]#[C-])c4)ccc2n3-c2ccccc2-c2ncc(CC)cn2)c1. The van der Waals surface area contributed by atoms with Crippen LogP contribution >= 0.6 is 0 Å². The maximum atomic E-state index is 9.63. The predicted molar refractivity (Wildman–Crippen MR) is 184 cm³/mol. The van der Waals surface area contributed by atoms with Crippen LogP contribution in [0, 0.1) is 35.8 Å². The van der Waals surface area contributed by atoms with E-state index in [4.69, 9.17) is 23.1 Å². The number of hydrogen-bond acceptors (Lipinski definition) is 4. The van der Waals surface area contributed by atoms with Crippen molar-refractivity contribution in [3.63, 3.8) is 0 Å². The number of fused-ring (bicyclic) bond motifs is 3. The molecular weight excluding hydrogens is 578 g/mol. The first-order valence-electron chi connectivity index (χ1n) is 14.9. The largest absolute Gasteiger partial charge is 0.309 e. The van der Waals surface area contributed by atoms with Crippen LogP contribution < -0.4 is 0 Å². The molecule has 0 aliphatic heterocycles. The highest BCUT2D eigenvalue weighted by atomic mass is 15.0. The van der Waals surface area contributed by atoms with Gasteiger partial charge < -0.3 is 4.57 Å². The van der Waals surface area contributed by atoms with Gasteiger partial charge in [-0.15, -0.1) is 0 Å². The molecule has 0 amide bonds. The van der Waals surface area contributed by atoms with Crippen LogP contribution in [0.4, 0.5) is 11.4 Å². The van der Waals surface area contributed by atoms with Gasteiger partial charge in [0.05, 0.1) is 42.0 Å². The summed E-state index contributed by atoms with van der Waals surface area (Å²) in [6.07, 6.45) is 4.58. The zero-order chi connectivity index (χ0) is 32.5. The summed E-state index contributed by atoms with van der Waals surface area (Å²) in [5.41, 5.74) is 9.73. The van der Waals surface area contributed by atoms with Crippen molar-refractivity contribution in [1.29, 1.82) is 10.5 Å². The van der Waals surface area contributed by atoms with Crippen molar-refractivity contribution in [2.24, 2.45) is 0 Å². The Morgan fingerprint density at radius 2 is 1.19 bits per heavy atom. The Morgan fingerprint density at radius 3 is 1.68 bits per heavy atom. The molecule has 2 heterocycles. The van der Waals surface area contributed by atoms with E-state index in [-0.39, 0.29) is 0 Å². The Labute approximate surface area is 271 Å². The minimum atomic E-state index is 0.403. The van der Waals surface area contributed by atoms with Crippen molar-refractivity contribution >= 4 is 33.2 Å². The van der Waals surface area contributed by atoms with Crippen LogP contribution in [-0.4, -0.2) is 14.5 Å². The maximum absolute atomic E-state index is 9.63. The third-order valence-electron chi connectivity index (χ3n) is 8.28. The van der Waals surface area contributed by atoms with Crippen LogP contribution in [0.15, 0.2) is 109 Å². The number of hydrogen-bond donors (Lipinski definition) is 0. The molecule has 0 saturated carbocycles. The minimum absolute atomic E-state index is 0.403. The van der Waals surface area contributed by atoms with Gasteiger partial charge in [-0.1, -0.05) is 31.2 Å². The predicted octanol–water partition coefficient (Wildman–Crippen LogP) is 9.98. The smallest absolute Gasteiger partial charge is 0.189 e. The van der Waals surface area contributed by atoms with Gasteiger partial charge in [0.15, 0.2) is 17.2 Å². The van der Waals surface area contributed by atoms with Crippen molar-refractivity contribution in [2.45, 2.75) is 13.3 Å². The number of rotatable bonds is 5. The first-order valence-corrected chi connectivity index (χ1v) is 14.9.